The number of benzene rings is 1. The van der Waals surface area contributed by atoms with Crippen LogP contribution in [0.5, 0.6) is 0 Å². The highest BCUT2D eigenvalue weighted by atomic mass is 35.5. The number of rotatable bonds is 6. The highest BCUT2D eigenvalue weighted by molar-refractivity contribution is 6.31. The zero-order valence-electron chi connectivity index (χ0n) is 11.3. The average Bonchev–Trinajstić information content (AvgIpc) is 3.18. The van der Waals surface area contributed by atoms with Crippen molar-refractivity contribution < 1.29 is 14.7 Å². The quantitative estimate of drug-likeness (QED) is 0.848. The Bertz CT molecular complexity index is 518. The number of hydrogen-bond donors (Lipinski definition) is 2. The lowest BCUT2D eigenvalue weighted by Crippen LogP contribution is -2.41. The molecule has 1 aromatic carbocycles. The third-order valence-corrected chi connectivity index (χ3v) is 3.97. The molecule has 1 aliphatic carbocycles. The molecule has 0 spiro atoms. The lowest BCUT2D eigenvalue weighted by Gasteiger charge is -2.13. The SMILES string of the molecule is CCCC(NC(=O)C1CC1c1ccccc1Cl)C(=O)O. The number of aliphatic carboxylic acids is 1. The molecule has 0 heterocycles. The molecule has 1 aromatic rings. The molecule has 108 valence electrons. The van der Waals surface area contributed by atoms with E-state index in [1.807, 2.05) is 25.1 Å². The van der Waals surface area contributed by atoms with Crippen molar-refractivity contribution >= 4 is 23.5 Å². The van der Waals surface area contributed by atoms with E-state index < -0.39 is 12.0 Å². The van der Waals surface area contributed by atoms with Crippen LogP contribution in [0.4, 0.5) is 0 Å². The molecule has 0 bridgehead atoms. The van der Waals surface area contributed by atoms with Crippen LogP contribution in [-0.4, -0.2) is 23.0 Å². The van der Waals surface area contributed by atoms with Gasteiger partial charge in [-0.2, -0.15) is 0 Å². The number of nitrogens with one attached hydrogen (secondary N) is 1. The fourth-order valence-electron chi connectivity index (χ4n) is 2.43. The second-order valence-electron chi connectivity index (χ2n) is 5.16. The first-order valence-corrected chi connectivity index (χ1v) is 7.20. The first-order chi connectivity index (χ1) is 9.54. The molecule has 3 unspecified atom stereocenters. The zero-order chi connectivity index (χ0) is 14.7. The van der Waals surface area contributed by atoms with Gasteiger partial charge in [0.05, 0.1) is 0 Å². The monoisotopic (exact) mass is 295 g/mol. The van der Waals surface area contributed by atoms with Gasteiger partial charge in [0.2, 0.25) is 5.91 Å². The predicted molar refractivity (Wildman–Crippen MR) is 76.8 cm³/mol. The molecular weight excluding hydrogens is 278 g/mol. The van der Waals surface area contributed by atoms with Gasteiger partial charge in [-0.15, -0.1) is 0 Å². The van der Waals surface area contributed by atoms with Gasteiger partial charge >= 0.3 is 5.97 Å². The molecule has 2 N–H and O–H groups in total. The highest BCUT2D eigenvalue weighted by Gasteiger charge is 2.45. The Labute approximate surface area is 123 Å². The fraction of sp³-hybridized carbons (Fsp3) is 0.467. The summed E-state index contributed by atoms with van der Waals surface area (Å²) in [5, 5.41) is 12.3. The second kappa shape index (κ2) is 6.27. The molecule has 0 aliphatic heterocycles. The molecule has 5 heteroatoms. The first-order valence-electron chi connectivity index (χ1n) is 6.82. The molecule has 1 aliphatic rings. The lowest BCUT2D eigenvalue weighted by atomic mass is 10.1. The van der Waals surface area contributed by atoms with E-state index in [2.05, 4.69) is 5.32 Å². The molecule has 3 atom stereocenters. The molecule has 1 fully saturated rings. The minimum atomic E-state index is -0.977. The summed E-state index contributed by atoms with van der Waals surface area (Å²) in [6.07, 6.45) is 1.90. The summed E-state index contributed by atoms with van der Waals surface area (Å²) in [5.74, 6) is -1.21. The van der Waals surface area contributed by atoms with E-state index in [9.17, 15) is 9.59 Å². The molecule has 1 amide bonds. The Kier molecular flexibility index (Phi) is 4.65. The third kappa shape index (κ3) is 3.31. The number of carbonyl (C=O) groups excluding carboxylic acids is 1. The zero-order valence-corrected chi connectivity index (χ0v) is 12.1. The van der Waals surface area contributed by atoms with Crippen LogP contribution in [0.25, 0.3) is 0 Å². The summed E-state index contributed by atoms with van der Waals surface area (Å²) < 4.78 is 0. The van der Waals surface area contributed by atoms with Gasteiger partial charge in [-0.25, -0.2) is 4.79 Å². The van der Waals surface area contributed by atoms with E-state index in [0.29, 0.717) is 11.4 Å². The number of carbonyl (C=O) groups is 2. The summed E-state index contributed by atoms with van der Waals surface area (Å²) in [6.45, 7) is 1.89. The van der Waals surface area contributed by atoms with Gasteiger partial charge in [-0.1, -0.05) is 43.1 Å². The standard InChI is InChI=1S/C15H18ClNO3/c1-2-5-13(15(19)20)17-14(18)11-8-10(11)9-6-3-4-7-12(9)16/h3-4,6-7,10-11,13H,2,5,8H2,1H3,(H,17,18)(H,19,20). The van der Waals surface area contributed by atoms with Crippen molar-refractivity contribution in [1.82, 2.24) is 5.32 Å². The van der Waals surface area contributed by atoms with Gasteiger partial charge < -0.3 is 10.4 Å². The minimum Gasteiger partial charge on any atom is -0.480 e. The topological polar surface area (TPSA) is 66.4 Å². The van der Waals surface area contributed by atoms with Crippen LogP contribution in [0.3, 0.4) is 0 Å². The van der Waals surface area contributed by atoms with Crippen LogP contribution >= 0.6 is 11.6 Å². The number of halogens is 1. The Morgan fingerprint density at radius 1 is 1.45 bits per heavy atom. The van der Waals surface area contributed by atoms with Crippen molar-refractivity contribution in [2.24, 2.45) is 5.92 Å². The molecule has 0 radical (unpaired) electrons. The predicted octanol–water partition coefficient (Wildman–Crippen LogP) is 2.81. The molecule has 0 saturated heterocycles. The van der Waals surface area contributed by atoms with E-state index >= 15 is 0 Å². The van der Waals surface area contributed by atoms with Crippen molar-refractivity contribution in [3.05, 3.63) is 34.9 Å². The van der Waals surface area contributed by atoms with E-state index in [1.54, 1.807) is 6.07 Å². The summed E-state index contributed by atoms with van der Waals surface area (Å²) in [7, 11) is 0. The van der Waals surface area contributed by atoms with Crippen molar-refractivity contribution in [2.45, 2.75) is 38.1 Å². The maximum absolute atomic E-state index is 12.1. The molecule has 0 aromatic heterocycles. The first kappa shape index (κ1) is 14.9. The van der Waals surface area contributed by atoms with Crippen LogP contribution in [0.15, 0.2) is 24.3 Å². The summed E-state index contributed by atoms with van der Waals surface area (Å²) in [5.41, 5.74) is 0.969. The van der Waals surface area contributed by atoms with E-state index in [0.717, 1.165) is 18.4 Å². The molecular formula is C15H18ClNO3. The van der Waals surface area contributed by atoms with Gasteiger partial charge in [-0.05, 0) is 30.4 Å². The van der Waals surface area contributed by atoms with Gasteiger partial charge in [0.15, 0.2) is 0 Å². The number of hydrogen-bond acceptors (Lipinski definition) is 2. The third-order valence-electron chi connectivity index (χ3n) is 3.62. The fourth-order valence-corrected chi connectivity index (χ4v) is 2.70. The Morgan fingerprint density at radius 3 is 2.75 bits per heavy atom. The summed E-state index contributed by atoms with van der Waals surface area (Å²) in [4.78, 5) is 23.1. The Morgan fingerprint density at radius 2 is 2.15 bits per heavy atom. The van der Waals surface area contributed by atoms with Crippen LogP contribution in [-0.2, 0) is 9.59 Å². The van der Waals surface area contributed by atoms with Crippen molar-refractivity contribution in [3.8, 4) is 0 Å². The summed E-state index contributed by atoms with van der Waals surface area (Å²) >= 11 is 6.11. The number of amides is 1. The average molecular weight is 296 g/mol. The van der Waals surface area contributed by atoms with E-state index in [1.165, 1.54) is 0 Å². The van der Waals surface area contributed by atoms with Crippen LogP contribution in [0.2, 0.25) is 5.02 Å². The summed E-state index contributed by atoms with van der Waals surface area (Å²) in [6, 6.07) is 6.68. The molecule has 4 nitrogen and oxygen atoms in total. The van der Waals surface area contributed by atoms with E-state index in [4.69, 9.17) is 16.7 Å². The molecule has 2 rings (SSSR count). The van der Waals surface area contributed by atoms with E-state index in [-0.39, 0.29) is 17.7 Å². The Balaban J connectivity index is 1.96. The second-order valence-corrected chi connectivity index (χ2v) is 5.57. The molecule has 1 saturated carbocycles. The van der Waals surface area contributed by atoms with Gasteiger partial charge in [0.25, 0.3) is 0 Å². The van der Waals surface area contributed by atoms with Gasteiger partial charge in [-0.3, -0.25) is 4.79 Å². The maximum atomic E-state index is 12.1. The maximum Gasteiger partial charge on any atom is 0.326 e. The molecule has 20 heavy (non-hydrogen) atoms. The largest absolute Gasteiger partial charge is 0.480 e. The normalized spacial score (nSPS) is 22.1. The smallest absolute Gasteiger partial charge is 0.326 e. The number of carboxylic acids is 1. The van der Waals surface area contributed by atoms with Crippen LogP contribution in [0, 0.1) is 5.92 Å². The van der Waals surface area contributed by atoms with Crippen molar-refractivity contribution in [2.75, 3.05) is 0 Å². The Hall–Kier alpha value is -1.55. The van der Waals surface area contributed by atoms with Crippen molar-refractivity contribution in [3.63, 3.8) is 0 Å². The van der Waals surface area contributed by atoms with Crippen LogP contribution < -0.4 is 5.32 Å². The van der Waals surface area contributed by atoms with Crippen molar-refractivity contribution in [1.29, 1.82) is 0 Å². The van der Waals surface area contributed by atoms with Crippen LogP contribution in [0.1, 0.15) is 37.7 Å². The minimum absolute atomic E-state index is 0.111. The van der Waals surface area contributed by atoms with Gasteiger partial charge in [0.1, 0.15) is 6.04 Å². The number of carboxylic acid groups (broad SMARTS) is 1. The lowest BCUT2D eigenvalue weighted by molar-refractivity contribution is -0.142. The highest BCUT2D eigenvalue weighted by Crippen LogP contribution is 2.49. The van der Waals surface area contributed by atoms with Gasteiger partial charge in [0, 0.05) is 10.9 Å².